The lowest BCUT2D eigenvalue weighted by atomic mass is 10.2. The van der Waals surface area contributed by atoms with Gasteiger partial charge in [-0.1, -0.05) is 45.6 Å². The molecule has 0 aliphatic carbocycles. The molecule has 0 saturated carbocycles. The van der Waals surface area contributed by atoms with E-state index >= 15 is 0 Å². The molecule has 0 aliphatic rings. The molecule has 0 fully saturated rings. The maximum Gasteiger partial charge on any atom is 0.0780 e. The number of aliphatic hydroxyl groups is 1. The Kier molecular flexibility index (Phi) is 25.0. The van der Waals surface area contributed by atoms with Gasteiger partial charge in [-0.05, 0) is 26.2 Å². The van der Waals surface area contributed by atoms with E-state index in [2.05, 4.69) is 41.6 Å². The molecule has 0 amide bonds. The number of aliphatic hydroxyl groups excluding tert-OH is 1. The topological polar surface area (TPSA) is 20.2 Å². The van der Waals surface area contributed by atoms with Crippen molar-refractivity contribution in [2.75, 3.05) is 34.3 Å². The predicted molar refractivity (Wildman–Crippen MR) is 89.5 cm³/mol. The van der Waals surface area contributed by atoms with Gasteiger partial charge in [0.2, 0.25) is 0 Å². The highest BCUT2D eigenvalue weighted by Gasteiger charge is 2.04. The zero-order chi connectivity index (χ0) is 15.6. The van der Waals surface area contributed by atoms with Crippen LogP contribution in [0.4, 0.5) is 0 Å². The lowest BCUT2D eigenvalue weighted by molar-refractivity contribution is -0.870. The van der Waals surface area contributed by atoms with Gasteiger partial charge in [-0.2, -0.15) is 0 Å². The summed E-state index contributed by atoms with van der Waals surface area (Å²) in [5.41, 5.74) is 0. The largest absolute Gasteiger partial charge is 0.396 e. The van der Waals surface area contributed by atoms with Crippen LogP contribution in [0.5, 0.6) is 0 Å². The predicted octanol–water partition coefficient (Wildman–Crippen LogP) is 4.63. The van der Waals surface area contributed by atoms with Crippen LogP contribution in [0.25, 0.3) is 0 Å². The van der Waals surface area contributed by atoms with Crippen molar-refractivity contribution in [2.24, 2.45) is 0 Å². The highest BCUT2D eigenvalue weighted by molar-refractivity contribution is 4.51. The number of rotatable bonds is 8. The molecule has 0 aliphatic heterocycles. The van der Waals surface area contributed by atoms with E-state index in [1.165, 1.54) is 38.6 Å². The maximum absolute atomic E-state index is 8.20. The van der Waals surface area contributed by atoms with Crippen LogP contribution in [0.15, 0.2) is 12.7 Å². The monoisotopic (exact) mass is 274 g/mol. The lowest BCUT2D eigenvalue weighted by Crippen LogP contribution is -2.35. The van der Waals surface area contributed by atoms with E-state index < -0.39 is 0 Å². The zero-order valence-electron chi connectivity index (χ0n) is 14.5. The Morgan fingerprint density at radius 1 is 0.895 bits per heavy atom. The molecule has 0 atom stereocenters. The Morgan fingerprint density at radius 3 is 1.58 bits per heavy atom. The van der Waals surface area contributed by atoms with Gasteiger partial charge < -0.3 is 9.59 Å². The zero-order valence-corrected chi connectivity index (χ0v) is 14.5. The molecular weight excluding hydrogens is 234 g/mol. The first kappa shape index (κ1) is 23.7. The Bertz CT molecular complexity index is 146. The second kappa shape index (κ2) is 20.0. The first-order chi connectivity index (χ1) is 8.89. The maximum atomic E-state index is 8.20. The number of hydrogen-bond donors (Lipinski definition) is 1. The first-order valence-corrected chi connectivity index (χ1v) is 7.87. The summed E-state index contributed by atoms with van der Waals surface area (Å²) in [6, 6.07) is 0. The molecule has 0 unspecified atom stereocenters. The van der Waals surface area contributed by atoms with Crippen LogP contribution in [-0.2, 0) is 0 Å². The molecule has 0 aromatic carbocycles. The van der Waals surface area contributed by atoms with Crippen molar-refractivity contribution >= 4 is 0 Å². The van der Waals surface area contributed by atoms with E-state index in [0.717, 1.165) is 17.3 Å². The van der Waals surface area contributed by atoms with Crippen LogP contribution in [-0.4, -0.2) is 43.9 Å². The average Bonchev–Trinajstić information content (AvgIpc) is 2.33. The second-order valence-corrected chi connectivity index (χ2v) is 5.91. The van der Waals surface area contributed by atoms with Crippen molar-refractivity contribution in [3.05, 3.63) is 12.7 Å². The summed E-state index contributed by atoms with van der Waals surface area (Å²) in [7, 11) is 6.77. The van der Waals surface area contributed by atoms with Crippen LogP contribution >= 0.6 is 0 Å². The Hall–Kier alpha value is -0.340. The molecule has 2 nitrogen and oxygen atoms in total. The highest BCUT2D eigenvalue weighted by atomic mass is 16.2. The highest BCUT2D eigenvalue weighted by Crippen LogP contribution is 2.02. The van der Waals surface area contributed by atoms with Crippen molar-refractivity contribution in [1.82, 2.24) is 0 Å². The van der Waals surface area contributed by atoms with Crippen LogP contribution < -0.4 is 0 Å². The summed E-state index contributed by atoms with van der Waals surface area (Å²) in [6.45, 7) is 11.3. The molecule has 0 bridgehead atoms. The molecule has 0 heterocycles. The normalized spacial score (nSPS) is 9.84. The minimum absolute atomic E-state index is 0.355. The number of unbranched alkanes of at least 4 members (excludes halogenated alkanes) is 5. The molecule has 0 aromatic rings. The SMILES string of the molecule is C=CC.CCCCCC[N+](C)(C)C.CCCCCO. The smallest absolute Gasteiger partial charge is 0.0780 e. The van der Waals surface area contributed by atoms with Gasteiger partial charge in [0.15, 0.2) is 0 Å². The summed E-state index contributed by atoms with van der Waals surface area (Å²) in [5, 5.41) is 8.20. The van der Waals surface area contributed by atoms with E-state index in [-0.39, 0.29) is 0 Å². The van der Waals surface area contributed by atoms with Crippen molar-refractivity contribution in [1.29, 1.82) is 0 Å². The van der Waals surface area contributed by atoms with Gasteiger partial charge in [-0.15, -0.1) is 6.58 Å². The minimum Gasteiger partial charge on any atom is -0.396 e. The van der Waals surface area contributed by atoms with E-state index in [0.29, 0.717) is 6.61 Å². The van der Waals surface area contributed by atoms with Gasteiger partial charge in [0.25, 0.3) is 0 Å². The molecule has 0 spiro atoms. The fourth-order valence-electron chi connectivity index (χ4n) is 1.37. The molecule has 0 aromatic heterocycles. The van der Waals surface area contributed by atoms with Gasteiger partial charge in [-0.3, -0.25) is 0 Å². The van der Waals surface area contributed by atoms with E-state index in [1.807, 2.05) is 6.92 Å². The van der Waals surface area contributed by atoms with Crippen LogP contribution in [0.3, 0.4) is 0 Å². The number of quaternary nitrogens is 1. The summed E-state index contributed by atoms with van der Waals surface area (Å²) in [4.78, 5) is 0. The molecule has 1 N–H and O–H groups in total. The number of hydrogen-bond acceptors (Lipinski definition) is 1. The van der Waals surface area contributed by atoms with Gasteiger partial charge in [-0.25, -0.2) is 0 Å². The third-order valence-electron chi connectivity index (χ3n) is 2.44. The molecule has 0 rings (SSSR count). The number of nitrogens with zero attached hydrogens (tertiary/aromatic N) is 1. The quantitative estimate of drug-likeness (QED) is 0.388. The molecule has 0 saturated heterocycles. The van der Waals surface area contributed by atoms with Crippen molar-refractivity contribution in [3.8, 4) is 0 Å². The molecule has 19 heavy (non-hydrogen) atoms. The molecule has 118 valence electrons. The van der Waals surface area contributed by atoms with Gasteiger partial charge in [0, 0.05) is 6.61 Å². The average molecular weight is 275 g/mol. The van der Waals surface area contributed by atoms with Crippen LogP contribution in [0, 0.1) is 0 Å². The van der Waals surface area contributed by atoms with Crippen molar-refractivity contribution in [2.45, 2.75) is 65.7 Å². The van der Waals surface area contributed by atoms with Crippen LogP contribution in [0.1, 0.15) is 65.7 Å². The van der Waals surface area contributed by atoms with Crippen molar-refractivity contribution in [3.63, 3.8) is 0 Å². The minimum atomic E-state index is 0.355. The van der Waals surface area contributed by atoms with Crippen molar-refractivity contribution < 1.29 is 9.59 Å². The Morgan fingerprint density at radius 2 is 1.32 bits per heavy atom. The lowest BCUT2D eigenvalue weighted by Gasteiger charge is -2.23. The summed E-state index contributed by atoms with van der Waals surface area (Å²) >= 11 is 0. The van der Waals surface area contributed by atoms with Crippen LogP contribution in [0.2, 0.25) is 0 Å². The molecule has 0 radical (unpaired) electrons. The number of allylic oxidation sites excluding steroid dienone is 1. The second-order valence-electron chi connectivity index (χ2n) is 5.91. The first-order valence-electron chi connectivity index (χ1n) is 7.87. The standard InChI is InChI=1S/C9H22N.C5H12O.C3H6/c1-5-6-7-8-9-10(2,3)4;1-2-3-4-5-6;1-3-2/h5-9H2,1-4H3;6H,2-5H2,1H3;3H,1H2,2H3/q+1;;. The van der Waals surface area contributed by atoms with Gasteiger partial charge >= 0.3 is 0 Å². The summed E-state index contributed by atoms with van der Waals surface area (Å²) < 4.78 is 1.11. The molecule has 2 heteroatoms. The van der Waals surface area contributed by atoms with E-state index in [4.69, 9.17) is 5.11 Å². The third kappa shape index (κ3) is 46.4. The van der Waals surface area contributed by atoms with Gasteiger partial charge in [0.1, 0.15) is 0 Å². The summed E-state index contributed by atoms with van der Waals surface area (Å²) in [5.74, 6) is 0. The Labute approximate surface area is 123 Å². The van der Waals surface area contributed by atoms with E-state index in [1.54, 1.807) is 6.08 Å². The third-order valence-corrected chi connectivity index (χ3v) is 2.44. The molecular formula is C17H40NO+. The fraction of sp³-hybridized carbons (Fsp3) is 0.882. The fourth-order valence-corrected chi connectivity index (χ4v) is 1.37. The summed E-state index contributed by atoms with van der Waals surface area (Å²) in [6.07, 6.45) is 10.6. The van der Waals surface area contributed by atoms with E-state index in [9.17, 15) is 0 Å². The Balaban J connectivity index is -0.000000242. The van der Waals surface area contributed by atoms with Gasteiger partial charge in [0.05, 0.1) is 27.7 Å².